The molecule has 0 N–H and O–H groups in total. The lowest BCUT2D eigenvalue weighted by atomic mass is 9.93. The molecule has 6 aromatic rings. The highest BCUT2D eigenvalue weighted by atomic mass is 16.6. The van der Waals surface area contributed by atoms with Crippen molar-refractivity contribution in [1.82, 2.24) is 19.6 Å². The second kappa shape index (κ2) is 16.4. The molecule has 8 rings (SSSR count). The molecule has 2 aliphatic rings. The van der Waals surface area contributed by atoms with Crippen LogP contribution in [0.15, 0.2) is 121 Å². The van der Waals surface area contributed by atoms with E-state index in [0.29, 0.717) is 78.4 Å². The van der Waals surface area contributed by atoms with Gasteiger partial charge in [-0.25, -0.2) is 0 Å². The molecule has 4 amide bonds. The lowest BCUT2D eigenvalue weighted by molar-refractivity contribution is -0.384. The first-order valence-corrected chi connectivity index (χ1v) is 19.2. The van der Waals surface area contributed by atoms with Gasteiger partial charge in [-0.2, -0.15) is 0 Å². The van der Waals surface area contributed by atoms with Crippen LogP contribution in [0.25, 0.3) is 21.5 Å². The van der Waals surface area contributed by atoms with Gasteiger partial charge in [-0.05, 0) is 53.5 Å². The predicted molar refractivity (Wildman–Crippen MR) is 220 cm³/mol. The monoisotopic (exact) mass is 790 g/mol. The first-order chi connectivity index (χ1) is 28.6. The second-order valence-electron chi connectivity index (χ2n) is 14.7. The van der Waals surface area contributed by atoms with Crippen molar-refractivity contribution < 1.29 is 29.0 Å². The van der Waals surface area contributed by atoms with Gasteiger partial charge in [-0.1, -0.05) is 84.9 Å². The van der Waals surface area contributed by atoms with Crippen molar-refractivity contribution >= 4 is 56.5 Å². The number of amides is 4. The maximum absolute atomic E-state index is 13.8. The zero-order chi connectivity index (χ0) is 41.2. The third kappa shape index (κ3) is 7.78. The Hall–Kier alpha value is -7.16. The van der Waals surface area contributed by atoms with Crippen LogP contribution in [0, 0.1) is 20.2 Å². The van der Waals surface area contributed by atoms with E-state index in [4.69, 9.17) is 0 Å². The number of carbonyl (C=O) groups is 4. The van der Waals surface area contributed by atoms with Crippen LogP contribution in [0.2, 0.25) is 0 Å². The molecule has 0 aliphatic carbocycles. The number of non-ortho nitro benzene ring substituents is 2. The minimum absolute atomic E-state index is 0.0579. The fourth-order valence-electron chi connectivity index (χ4n) is 8.12. The SMILES string of the molecule is O=C1c2cccc3cc([N+](=O)[O-])cc(c23)C(=O)N1CCN(CCCN(CCN1C(=O)c2cccc3cc([N+](=O)[O-])cc(c23)C1=O)Cc1ccccc1)Cc1ccccc1. The molecule has 0 bridgehead atoms. The smallest absolute Gasteiger partial charge is 0.270 e. The molecule has 296 valence electrons. The van der Waals surface area contributed by atoms with Crippen LogP contribution in [0.1, 0.15) is 59.0 Å². The molecule has 6 aromatic carbocycles. The first kappa shape index (κ1) is 38.7. The minimum Gasteiger partial charge on any atom is -0.297 e. The number of hydrogen-bond donors (Lipinski definition) is 0. The van der Waals surface area contributed by atoms with Crippen molar-refractivity contribution in [1.29, 1.82) is 0 Å². The number of nitro groups is 2. The number of nitro benzene ring substituents is 2. The van der Waals surface area contributed by atoms with Gasteiger partial charge >= 0.3 is 0 Å². The molecule has 0 spiro atoms. The van der Waals surface area contributed by atoms with E-state index < -0.39 is 33.5 Å². The fourth-order valence-corrected chi connectivity index (χ4v) is 8.12. The van der Waals surface area contributed by atoms with E-state index in [1.165, 1.54) is 34.1 Å². The highest BCUT2D eigenvalue weighted by molar-refractivity contribution is 6.26. The Morgan fingerprint density at radius 3 is 1.24 bits per heavy atom. The average molecular weight is 791 g/mol. The second-order valence-corrected chi connectivity index (χ2v) is 14.7. The van der Waals surface area contributed by atoms with Crippen LogP contribution >= 0.6 is 0 Å². The molecule has 0 radical (unpaired) electrons. The van der Waals surface area contributed by atoms with E-state index in [2.05, 4.69) is 9.80 Å². The van der Waals surface area contributed by atoms with Crippen LogP contribution in [0.4, 0.5) is 11.4 Å². The highest BCUT2D eigenvalue weighted by Gasteiger charge is 2.36. The van der Waals surface area contributed by atoms with Crippen molar-refractivity contribution in [3.63, 3.8) is 0 Å². The van der Waals surface area contributed by atoms with Crippen LogP contribution < -0.4 is 0 Å². The fraction of sp³-hybridized carbons (Fsp3) is 0.200. The molecule has 0 saturated carbocycles. The maximum Gasteiger partial charge on any atom is 0.270 e. The van der Waals surface area contributed by atoms with Crippen molar-refractivity contribution in [2.24, 2.45) is 0 Å². The van der Waals surface area contributed by atoms with Gasteiger partial charge in [0.15, 0.2) is 0 Å². The van der Waals surface area contributed by atoms with Gasteiger partial charge in [0.05, 0.1) is 21.0 Å². The van der Waals surface area contributed by atoms with Gasteiger partial charge in [0.1, 0.15) is 0 Å². The Morgan fingerprint density at radius 2 is 0.847 bits per heavy atom. The van der Waals surface area contributed by atoms with Gasteiger partial charge in [-0.3, -0.25) is 59.0 Å². The zero-order valence-corrected chi connectivity index (χ0v) is 31.9. The lowest BCUT2D eigenvalue weighted by Crippen LogP contribution is -2.45. The molecule has 2 aliphatic heterocycles. The number of imide groups is 2. The summed E-state index contributed by atoms with van der Waals surface area (Å²) in [6, 6.07) is 34.7. The summed E-state index contributed by atoms with van der Waals surface area (Å²) in [4.78, 5) is 84.2. The van der Waals surface area contributed by atoms with E-state index in [9.17, 15) is 39.4 Å². The zero-order valence-electron chi connectivity index (χ0n) is 31.9. The molecular formula is C45H38N6O8. The third-order valence-electron chi connectivity index (χ3n) is 11.0. The maximum atomic E-state index is 13.8. The van der Waals surface area contributed by atoms with Gasteiger partial charge < -0.3 is 0 Å². The average Bonchev–Trinajstić information content (AvgIpc) is 3.24. The van der Waals surface area contributed by atoms with E-state index >= 15 is 0 Å². The minimum atomic E-state index is -0.577. The normalized spacial score (nSPS) is 13.7. The van der Waals surface area contributed by atoms with Crippen LogP contribution in [-0.4, -0.2) is 92.3 Å². The summed E-state index contributed by atoms with van der Waals surface area (Å²) >= 11 is 0. The topological polar surface area (TPSA) is 168 Å². The van der Waals surface area contributed by atoms with Crippen molar-refractivity contribution in [3.05, 3.63) is 175 Å². The summed E-state index contributed by atoms with van der Waals surface area (Å²) in [6.45, 7) is 2.97. The Balaban J connectivity index is 0.990. The molecule has 59 heavy (non-hydrogen) atoms. The molecule has 2 heterocycles. The molecule has 0 unspecified atom stereocenters. The van der Waals surface area contributed by atoms with Gasteiger partial charge in [0, 0.05) is 85.4 Å². The highest BCUT2D eigenvalue weighted by Crippen LogP contribution is 2.35. The summed E-state index contributed by atoms with van der Waals surface area (Å²) in [5.74, 6) is -2.06. The van der Waals surface area contributed by atoms with E-state index in [0.717, 1.165) is 11.1 Å². The molecule has 0 saturated heterocycles. The van der Waals surface area contributed by atoms with Crippen molar-refractivity contribution in [3.8, 4) is 0 Å². The first-order valence-electron chi connectivity index (χ1n) is 19.2. The van der Waals surface area contributed by atoms with Gasteiger partial charge in [0.25, 0.3) is 35.0 Å². The number of rotatable bonds is 16. The summed E-state index contributed by atoms with van der Waals surface area (Å²) in [6.07, 6.45) is 0.645. The summed E-state index contributed by atoms with van der Waals surface area (Å²) in [5.41, 5.74) is 2.52. The Morgan fingerprint density at radius 1 is 0.458 bits per heavy atom. The van der Waals surface area contributed by atoms with E-state index in [-0.39, 0.29) is 35.6 Å². The standard InChI is InChI=1S/C45H38N6O8/c52-42-36-16-7-14-32-24-34(50(56)57)26-38(40(32)36)44(54)48(42)22-20-46(28-30-10-3-1-4-11-30)18-9-19-47(29-31-12-5-2-6-13-31)21-23-49-43(53)37-17-8-15-33-25-35(51(58)59)27-39(41(33)37)45(49)55/h1-8,10-17,24-27H,9,18-23,28-29H2. The Bertz CT molecular complexity index is 2490. The summed E-state index contributed by atoms with van der Waals surface area (Å²) in [7, 11) is 0. The Labute approximate surface area is 338 Å². The van der Waals surface area contributed by atoms with Crippen molar-refractivity contribution in [2.75, 3.05) is 39.3 Å². The number of nitrogens with zero attached hydrogens (tertiary/aromatic N) is 6. The number of carbonyl (C=O) groups excluding carboxylic acids is 4. The molecule has 0 fully saturated rings. The Kier molecular flexibility index (Phi) is 10.7. The predicted octanol–water partition coefficient (Wildman–Crippen LogP) is 7.10. The molecule has 14 nitrogen and oxygen atoms in total. The van der Waals surface area contributed by atoms with E-state index in [1.807, 2.05) is 60.7 Å². The lowest BCUT2D eigenvalue weighted by Gasteiger charge is -2.31. The largest absolute Gasteiger partial charge is 0.297 e. The van der Waals surface area contributed by atoms with Gasteiger partial charge in [0.2, 0.25) is 0 Å². The van der Waals surface area contributed by atoms with E-state index in [1.54, 1.807) is 36.4 Å². The molecular weight excluding hydrogens is 753 g/mol. The third-order valence-corrected chi connectivity index (χ3v) is 11.0. The van der Waals surface area contributed by atoms with Crippen LogP contribution in [0.3, 0.4) is 0 Å². The summed E-state index contributed by atoms with van der Waals surface area (Å²) < 4.78 is 0. The number of benzene rings is 6. The van der Waals surface area contributed by atoms with Crippen molar-refractivity contribution in [2.45, 2.75) is 19.5 Å². The quantitative estimate of drug-likeness (QED) is 0.0561. The van der Waals surface area contributed by atoms with Gasteiger partial charge in [-0.15, -0.1) is 0 Å². The summed E-state index contributed by atoms with van der Waals surface area (Å²) in [5, 5.41) is 25.2. The molecule has 14 heteroatoms. The molecule has 0 aromatic heterocycles. The van der Waals surface area contributed by atoms with Crippen LogP contribution in [-0.2, 0) is 13.1 Å². The van der Waals surface area contributed by atoms with Crippen LogP contribution in [0.5, 0.6) is 0 Å². The number of hydrogen-bond acceptors (Lipinski definition) is 10. The molecule has 0 atom stereocenters.